The molecular weight excluding hydrogens is 409 g/mol. The van der Waals surface area contributed by atoms with E-state index in [4.69, 9.17) is 4.52 Å². The molecule has 2 heterocycles. The van der Waals surface area contributed by atoms with Gasteiger partial charge in [0.05, 0.1) is 6.04 Å². The lowest BCUT2D eigenvalue weighted by Crippen LogP contribution is -2.46. The van der Waals surface area contributed by atoms with Crippen LogP contribution in [0.15, 0.2) is 47.0 Å². The SMILES string of the molecule is CCN1CCN(c2ccc(F)cc2C(C)NC(=O)c2ccc(-c3nc(C)no3)cc2)CC1. The van der Waals surface area contributed by atoms with Gasteiger partial charge in [0.25, 0.3) is 11.8 Å². The highest BCUT2D eigenvalue weighted by Gasteiger charge is 2.22. The predicted octanol–water partition coefficient (Wildman–Crippen LogP) is 3.82. The van der Waals surface area contributed by atoms with Gasteiger partial charge in [-0.1, -0.05) is 12.1 Å². The number of likely N-dealkylation sites (N-methyl/N-ethyl adjacent to an activating group) is 1. The summed E-state index contributed by atoms with van der Waals surface area (Å²) < 4.78 is 19.3. The highest BCUT2D eigenvalue weighted by atomic mass is 19.1. The second kappa shape index (κ2) is 9.48. The molecule has 1 aromatic heterocycles. The first-order chi connectivity index (χ1) is 15.4. The Bertz CT molecular complexity index is 1070. The van der Waals surface area contributed by atoms with Crippen molar-refractivity contribution in [2.75, 3.05) is 37.6 Å². The smallest absolute Gasteiger partial charge is 0.257 e. The average molecular weight is 438 g/mol. The van der Waals surface area contributed by atoms with E-state index in [1.165, 1.54) is 12.1 Å². The fourth-order valence-corrected chi connectivity index (χ4v) is 4.00. The maximum atomic E-state index is 14.1. The van der Waals surface area contributed by atoms with Crippen LogP contribution in [0.1, 0.15) is 41.6 Å². The number of carbonyl (C=O) groups is 1. The molecule has 0 aliphatic carbocycles. The van der Waals surface area contributed by atoms with E-state index in [1.54, 1.807) is 31.2 Å². The Morgan fingerprint density at radius 2 is 1.88 bits per heavy atom. The number of amides is 1. The molecule has 1 amide bonds. The summed E-state index contributed by atoms with van der Waals surface area (Å²) >= 11 is 0. The molecule has 32 heavy (non-hydrogen) atoms. The first-order valence-electron chi connectivity index (χ1n) is 10.9. The molecule has 8 heteroatoms. The molecule has 1 aliphatic heterocycles. The second-order valence-corrected chi connectivity index (χ2v) is 8.04. The summed E-state index contributed by atoms with van der Waals surface area (Å²) in [5.41, 5.74) is 3.00. The van der Waals surface area contributed by atoms with Crippen LogP contribution < -0.4 is 10.2 Å². The Kier molecular flexibility index (Phi) is 6.50. The Balaban J connectivity index is 1.48. The van der Waals surface area contributed by atoms with E-state index in [1.807, 2.05) is 13.0 Å². The quantitative estimate of drug-likeness (QED) is 0.632. The van der Waals surface area contributed by atoms with E-state index < -0.39 is 0 Å². The Morgan fingerprint density at radius 1 is 1.16 bits per heavy atom. The maximum absolute atomic E-state index is 14.1. The van der Waals surface area contributed by atoms with Crippen molar-refractivity contribution in [2.24, 2.45) is 0 Å². The summed E-state index contributed by atoms with van der Waals surface area (Å²) in [4.78, 5) is 21.7. The zero-order chi connectivity index (χ0) is 22.7. The number of nitrogens with zero attached hydrogens (tertiary/aromatic N) is 4. The number of aryl methyl sites for hydroxylation is 1. The average Bonchev–Trinajstić information content (AvgIpc) is 3.25. The van der Waals surface area contributed by atoms with E-state index >= 15 is 0 Å². The number of anilines is 1. The topological polar surface area (TPSA) is 74.5 Å². The van der Waals surface area contributed by atoms with Crippen LogP contribution in [0.5, 0.6) is 0 Å². The monoisotopic (exact) mass is 437 g/mol. The Hall–Kier alpha value is -3.26. The molecule has 7 nitrogen and oxygen atoms in total. The van der Waals surface area contributed by atoms with Crippen molar-refractivity contribution in [3.8, 4) is 11.5 Å². The number of carbonyl (C=O) groups excluding carboxylic acids is 1. The van der Waals surface area contributed by atoms with E-state index in [0.29, 0.717) is 17.3 Å². The van der Waals surface area contributed by atoms with Gasteiger partial charge in [-0.2, -0.15) is 4.98 Å². The van der Waals surface area contributed by atoms with Crippen LogP contribution in [0.25, 0.3) is 11.5 Å². The number of aromatic nitrogens is 2. The lowest BCUT2D eigenvalue weighted by molar-refractivity contribution is 0.0940. The van der Waals surface area contributed by atoms with Gasteiger partial charge < -0.3 is 19.6 Å². The third-order valence-corrected chi connectivity index (χ3v) is 5.89. The molecule has 0 bridgehead atoms. The maximum Gasteiger partial charge on any atom is 0.257 e. The van der Waals surface area contributed by atoms with Crippen LogP contribution in [-0.2, 0) is 0 Å². The van der Waals surface area contributed by atoms with Crippen LogP contribution in [0.4, 0.5) is 10.1 Å². The fraction of sp³-hybridized carbons (Fsp3) is 0.375. The normalized spacial score (nSPS) is 15.6. The van der Waals surface area contributed by atoms with Gasteiger partial charge in [-0.25, -0.2) is 4.39 Å². The molecule has 0 radical (unpaired) electrons. The second-order valence-electron chi connectivity index (χ2n) is 8.04. The summed E-state index contributed by atoms with van der Waals surface area (Å²) in [6.07, 6.45) is 0. The van der Waals surface area contributed by atoms with Gasteiger partial charge in [0.1, 0.15) is 5.82 Å². The molecule has 3 aromatic rings. The van der Waals surface area contributed by atoms with Gasteiger partial charge in [-0.3, -0.25) is 4.79 Å². The van der Waals surface area contributed by atoms with Gasteiger partial charge in [0, 0.05) is 48.6 Å². The van der Waals surface area contributed by atoms with E-state index in [0.717, 1.165) is 49.5 Å². The molecule has 4 rings (SSSR count). The molecule has 168 valence electrons. The first kappa shape index (κ1) is 22.0. The van der Waals surface area contributed by atoms with Crippen LogP contribution in [-0.4, -0.2) is 53.7 Å². The minimum absolute atomic E-state index is 0.225. The molecule has 1 N–H and O–H groups in total. The number of hydrogen-bond donors (Lipinski definition) is 1. The van der Waals surface area contributed by atoms with Crippen LogP contribution in [0, 0.1) is 12.7 Å². The van der Waals surface area contributed by atoms with Gasteiger partial charge in [0.15, 0.2) is 5.82 Å². The zero-order valence-corrected chi connectivity index (χ0v) is 18.6. The highest BCUT2D eigenvalue weighted by molar-refractivity contribution is 5.95. The Morgan fingerprint density at radius 3 is 2.50 bits per heavy atom. The zero-order valence-electron chi connectivity index (χ0n) is 18.6. The van der Waals surface area contributed by atoms with Gasteiger partial charge >= 0.3 is 0 Å². The summed E-state index contributed by atoms with van der Waals surface area (Å²) in [6, 6.07) is 11.4. The minimum atomic E-state index is -0.351. The molecule has 1 fully saturated rings. The number of piperazine rings is 1. The Labute approximate surface area is 187 Å². The lowest BCUT2D eigenvalue weighted by Gasteiger charge is -2.37. The van der Waals surface area contributed by atoms with Gasteiger partial charge in [-0.15, -0.1) is 0 Å². The molecule has 1 aliphatic rings. The van der Waals surface area contributed by atoms with Crippen molar-refractivity contribution < 1.29 is 13.7 Å². The number of nitrogens with one attached hydrogen (secondary N) is 1. The number of hydrogen-bond acceptors (Lipinski definition) is 6. The van der Waals surface area contributed by atoms with Crippen LogP contribution >= 0.6 is 0 Å². The van der Waals surface area contributed by atoms with E-state index in [2.05, 4.69) is 32.2 Å². The van der Waals surface area contributed by atoms with Gasteiger partial charge in [-0.05, 0) is 62.9 Å². The molecule has 0 spiro atoms. The number of benzene rings is 2. The first-order valence-corrected chi connectivity index (χ1v) is 10.9. The lowest BCUT2D eigenvalue weighted by atomic mass is 10.0. The summed E-state index contributed by atoms with van der Waals surface area (Å²) in [7, 11) is 0. The van der Waals surface area contributed by atoms with Crippen molar-refractivity contribution in [3.63, 3.8) is 0 Å². The molecule has 0 saturated carbocycles. The standard InChI is InChI=1S/C24H28FN5O2/c1-4-29-11-13-30(14-12-29)22-10-9-20(25)15-21(22)16(2)26-23(31)18-5-7-19(8-6-18)24-27-17(3)28-32-24/h5-10,15-16H,4,11-14H2,1-3H3,(H,26,31). The summed E-state index contributed by atoms with van der Waals surface area (Å²) in [5, 5.41) is 6.79. The van der Waals surface area contributed by atoms with Crippen molar-refractivity contribution in [1.29, 1.82) is 0 Å². The molecule has 1 saturated heterocycles. The fourth-order valence-electron chi connectivity index (χ4n) is 4.00. The van der Waals surface area contributed by atoms with Gasteiger partial charge in [0.2, 0.25) is 0 Å². The summed E-state index contributed by atoms with van der Waals surface area (Å²) in [5.74, 6) is 0.432. The van der Waals surface area contributed by atoms with E-state index in [9.17, 15) is 9.18 Å². The molecule has 1 atom stereocenters. The third-order valence-electron chi connectivity index (χ3n) is 5.89. The number of rotatable bonds is 6. The minimum Gasteiger partial charge on any atom is -0.369 e. The van der Waals surface area contributed by atoms with E-state index in [-0.39, 0.29) is 17.8 Å². The predicted molar refractivity (Wildman–Crippen MR) is 121 cm³/mol. The summed E-state index contributed by atoms with van der Waals surface area (Å²) in [6.45, 7) is 10.5. The van der Waals surface area contributed by atoms with Crippen molar-refractivity contribution >= 4 is 11.6 Å². The largest absolute Gasteiger partial charge is 0.369 e. The van der Waals surface area contributed by atoms with Crippen LogP contribution in [0.2, 0.25) is 0 Å². The molecule has 2 aromatic carbocycles. The van der Waals surface area contributed by atoms with Crippen LogP contribution in [0.3, 0.4) is 0 Å². The molecular formula is C24H28FN5O2. The molecule has 1 unspecified atom stereocenters. The highest BCUT2D eigenvalue weighted by Crippen LogP contribution is 2.29. The van der Waals surface area contributed by atoms with Crippen molar-refractivity contribution in [1.82, 2.24) is 20.4 Å². The van der Waals surface area contributed by atoms with Crippen molar-refractivity contribution in [2.45, 2.75) is 26.8 Å². The number of halogens is 1. The third kappa shape index (κ3) is 4.80. The van der Waals surface area contributed by atoms with Crippen molar-refractivity contribution in [3.05, 3.63) is 65.2 Å².